The van der Waals surface area contributed by atoms with Crippen LogP contribution in [-0.4, -0.2) is 24.9 Å². The molecular formula is C10H7ClN6O. The van der Waals surface area contributed by atoms with Gasteiger partial charge in [0.05, 0.1) is 5.02 Å². The predicted molar refractivity (Wildman–Crippen MR) is 67.2 cm³/mol. The minimum Gasteiger partial charge on any atom is -0.369 e. The Balaban J connectivity index is 2.22. The van der Waals surface area contributed by atoms with Gasteiger partial charge in [-0.2, -0.15) is 4.98 Å². The summed E-state index contributed by atoms with van der Waals surface area (Å²) < 4.78 is 0. The number of fused-ring (bicyclic) bond motifs is 1. The van der Waals surface area contributed by atoms with Crippen LogP contribution in [-0.2, 0) is 0 Å². The highest BCUT2D eigenvalue weighted by molar-refractivity contribution is 6.30. The quantitative estimate of drug-likeness (QED) is 0.604. The molecule has 3 aromatic rings. The van der Waals surface area contributed by atoms with Crippen molar-refractivity contribution >= 4 is 28.7 Å². The zero-order valence-corrected chi connectivity index (χ0v) is 9.69. The Hall–Kier alpha value is -2.41. The highest BCUT2D eigenvalue weighted by atomic mass is 35.5. The van der Waals surface area contributed by atoms with Crippen molar-refractivity contribution in [2.75, 3.05) is 5.73 Å². The van der Waals surface area contributed by atoms with Gasteiger partial charge in [0.25, 0.3) is 5.56 Å². The molecule has 0 saturated carbocycles. The molecule has 0 aromatic carbocycles. The first kappa shape index (κ1) is 10.7. The van der Waals surface area contributed by atoms with Crippen molar-refractivity contribution in [2.24, 2.45) is 0 Å². The smallest absolute Gasteiger partial charge is 0.278 e. The molecule has 90 valence electrons. The largest absolute Gasteiger partial charge is 0.369 e. The second-order valence-corrected chi connectivity index (χ2v) is 4.03. The minimum absolute atomic E-state index is 0.0228. The Bertz CT molecular complexity index is 775. The number of nitrogens with one attached hydrogen (secondary N) is 2. The fourth-order valence-electron chi connectivity index (χ4n) is 1.56. The molecule has 0 saturated heterocycles. The van der Waals surface area contributed by atoms with Gasteiger partial charge in [-0.25, -0.2) is 4.98 Å². The van der Waals surface area contributed by atoms with Gasteiger partial charge in [-0.1, -0.05) is 11.6 Å². The van der Waals surface area contributed by atoms with Crippen molar-refractivity contribution in [1.29, 1.82) is 0 Å². The van der Waals surface area contributed by atoms with E-state index < -0.39 is 0 Å². The molecule has 0 aliphatic carbocycles. The van der Waals surface area contributed by atoms with E-state index in [-0.39, 0.29) is 22.7 Å². The van der Waals surface area contributed by atoms with E-state index in [9.17, 15) is 4.79 Å². The van der Waals surface area contributed by atoms with Gasteiger partial charge in [0.2, 0.25) is 5.95 Å². The molecule has 0 atom stereocenters. The highest BCUT2D eigenvalue weighted by Crippen LogP contribution is 2.17. The number of nitrogens with zero attached hydrogens (tertiary/aromatic N) is 3. The fraction of sp³-hybridized carbons (Fsp3) is 0. The number of nitrogen functional groups attached to an aromatic ring is 1. The number of hydrogen-bond donors (Lipinski definition) is 3. The average molecular weight is 263 g/mol. The van der Waals surface area contributed by atoms with Crippen molar-refractivity contribution in [3.63, 3.8) is 0 Å². The lowest BCUT2D eigenvalue weighted by Crippen LogP contribution is -2.10. The van der Waals surface area contributed by atoms with E-state index in [2.05, 4.69) is 24.9 Å². The van der Waals surface area contributed by atoms with Crippen LogP contribution in [0.2, 0.25) is 5.02 Å². The summed E-state index contributed by atoms with van der Waals surface area (Å²) in [5.74, 6) is 0.458. The second kappa shape index (κ2) is 3.81. The predicted octanol–water partition coefficient (Wildman–Crippen LogP) is 0.944. The molecule has 4 N–H and O–H groups in total. The molecule has 0 bridgehead atoms. The maximum Gasteiger partial charge on any atom is 0.278 e. The first-order valence-corrected chi connectivity index (χ1v) is 5.39. The lowest BCUT2D eigenvalue weighted by atomic mass is 10.3. The lowest BCUT2D eigenvalue weighted by Gasteiger charge is -1.94. The number of nitrogens with two attached hydrogens (primary N) is 1. The van der Waals surface area contributed by atoms with Gasteiger partial charge in [-0.15, -0.1) is 0 Å². The molecule has 0 unspecified atom stereocenters. The molecular weight excluding hydrogens is 256 g/mol. The Morgan fingerprint density at radius 2 is 2.06 bits per heavy atom. The highest BCUT2D eigenvalue weighted by Gasteiger charge is 2.10. The maximum atomic E-state index is 11.6. The Morgan fingerprint density at radius 3 is 2.78 bits per heavy atom. The standard InChI is InChI=1S/C10H7ClN6O/c11-4-1-2-5(13-3-4)7-14-6-8(15-7)16-10(12)17-9(6)18/h1-3H,(H4,12,14,15,16,17,18). The molecule has 0 aliphatic heterocycles. The summed E-state index contributed by atoms with van der Waals surface area (Å²) in [7, 11) is 0. The second-order valence-electron chi connectivity index (χ2n) is 3.60. The summed E-state index contributed by atoms with van der Waals surface area (Å²) in [6.07, 6.45) is 1.50. The Morgan fingerprint density at radius 1 is 1.22 bits per heavy atom. The molecule has 18 heavy (non-hydrogen) atoms. The molecule has 7 nitrogen and oxygen atoms in total. The first-order valence-electron chi connectivity index (χ1n) is 5.01. The van der Waals surface area contributed by atoms with Crippen LogP contribution in [0.3, 0.4) is 0 Å². The monoisotopic (exact) mass is 262 g/mol. The summed E-state index contributed by atoms with van der Waals surface area (Å²) in [6.45, 7) is 0. The van der Waals surface area contributed by atoms with Crippen molar-refractivity contribution in [3.05, 3.63) is 33.7 Å². The summed E-state index contributed by atoms with van der Waals surface area (Å²) >= 11 is 5.75. The van der Waals surface area contributed by atoms with E-state index in [1.54, 1.807) is 12.1 Å². The third kappa shape index (κ3) is 1.70. The number of imidazole rings is 1. The van der Waals surface area contributed by atoms with E-state index in [0.29, 0.717) is 16.5 Å². The minimum atomic E-state index is -0.370. The number of aromatic amines is 2. The lowest BCUT2D eigenvalue weighted by molar-refractivity contribution is 1.17. The Kier molecular flexibility index (Phi) is 2.27. The van der Waals surface area contributed by atoms with Gasteiger partial charge in [0.1, 0.15) is 5.69 Å². The van der Waals surface area contributed by atoms with E-state index in [1.807, 2.05) is 0 Å². The SMILES string of the molecule is Nc1nc2nc(-c3ccc(Cl)cn3)[nH]c2c(=O)[nH]1. The molecule has 3 rings (SSSR count). The summed E-state index contributed by atoms with van der Waals surface area (Å²) in [4.78, 5) is 29.0. The van der Waals surface area contributed by atoms with Gasteiger partial charge in [-0.3, -0.25) is 14.8 Å². The van der Waals surface area contributed by atoms with Crippen LogP contribution in [0.4, 0.5) is 5.95 Å². The molecule has 0 radical (unpaired) electrons. The molecule has 0 amide bonds. The van der Waals surface area contributed by atoms with Crippen LogP contribution >= 0.6 is 11.6 Å². The zero-order valence-electron chi connectivity index (χ0n) is 8.94. The summed E-state index contributed by atoms with van der Waals surface area (Å²) in [5.41, 5.74) is 6.15. The van der Waals surface area contributed by atoms with E-state index in [4.69, 9.17) is 17.3 Å². The molecule has 3 heterocycles. The van der Waals surface area contributed by atoms with Crippen LogP contribution in [0.25, 0.3) is 22.7 Å². The molecule has 0 fully saturated rings. The number of hydrogen-bond acceptors (Lipinski definition) is 5. The van der Waals surface area contributed by atoms with Gasteiger partial charge in [-0.05, 0) is 12.1 Å². The van der Waals surface area contributed by atoms with Crippen LogP contribution in [0.1, 0.15) is 0 Å². The molecule has 3 aromatic heterocycles. The fourth-order valence-corrected chi connectivity index (χ4v) is 1.67. The number of aromatic nitrogens is 5. The third-order valence-corrected chi connectivity index (χ3v) is 2.57. The van der Waals surface area contributed by atoms with Gasteiger partial charge in [0.15, 0.2) is 17.0 Å². The van der Waals surface area contributed by atoms with Gasteiger partial charge in [0, 0.05) is 6.20 Å². The molecule has 8 heteroatoms. The van der Waals surface area contributed by atoms with Crippen molar-refractivity contribution in [2.45, 2.75) is 0 Å². The average Bonchev–Trinajstić information content (AvgIpc) is 2.74. The van der Waals surface area contributed by atoms with E-state index >= 15 is 0 Å². The summed E-state index contributed by atoms with van der Waals surface area (Å²) in [5, 5.41) is 0.523. The first-order chi connectivity index (χ1) is 8.63. The number of anilines is 1. The van der Waals surface area contributed by atoms with Crippen molar-refractivity contribution < 1.29 is 0 Å². The number of pyridine rings is 1. The molecule has 0 aliphatic rings. The van der Waals surface area contributed by atoms with Crippen LogP contribution in [0.5, 0.6) is 0 Å². The topological polar surface area (TPSA) is 113 Å². The van der Waals surface area contributed by atoms with Gasteiger partial charge >= 0.3 is 0 Å². The van der Waals surface area contributed by atoms with E-state index in [1.165, 1.54) is 6.20 Å². The van der Waals surface area contributed by atoms with E-state index in [0.717, 1.165) is 0 Å². The normalized spacial score (nSPS) is 10.9. The zero-order chi connectivity index (χ0) is 12.7. The van der Waals surface area contributed by atoms with Gasteiger partial charge < -0.3 is 10.7 Å². The van der Waals surface area contributed by atoms with Crippen molar-refractivity contribution in [1.82, 2.24) is 24.9 Å². The molecule has 0 spiro atoms. The number of H-pyrrole nitrogens is 2. The van der Waals surface area contributed by atoms with Crippen LogP contribution in [0.15, 0.2) is 23.1 Å². The van der Waals surface area contributed by atoms with Crippen molar-refractivity contribution in [3.8, 4) is 11.5 Å². The Labute approximate surface area is 105 Å². The van der Waals surface area contributed by atoms with Crippen LogP contribution in [0, 0.1) is 0 Å². The third-order valence-electron chi connectivity index (χ3n) is 2.35. The van der Waals surface area contributed by atoms with Crippen LogP contribution < -0.4 is 11.3 Å². The maximum absolute atomic E-state index is 11.6. The number of halogens is 1. The summed E-state index contributed by atoms with van der Waals surface area (Å²) in [6, 6.07) is 3.38. The number of rotatable bonds is 1.